The Morgan fingerprint density at radius 3 is 2.31 bits per heavy atom. The lowest BCUT2D eigenvalue weighted by molar-refractivity contribution is -0.189. The van der Waals surface area contributed by atoms with Crippen molar-refractivity contribution < 1.29 is 9.57 Å². The molecule has 0 bridgehead atoms. The molecule has 4 saturated carbocycles. The molecular formula is C28H49NO3. The van der Waals surface area contributed by atoms with Crippen molar-refractivity contribution in [1.82, 2.24) is 0 Å². The molecule has 10 atom stereocenters. The van der Waals surface area contributed by atoms with E-state index in [4.69, 9.17) is 9.57 Å². The van der Waals surface area contributed by atoms with Gasteiger partial charge >= 0.3 is 0 Å². The fraction of sp³-hybridized carbons (Fsp3) is 1.00. The molecule has 0 aromatic heterocycles. The molecule has 0 aromatic carbocycles. The fourth-order valence-electron chi connectivity index (χ4n) is 9.64. The molecule has 0 radical (unpaired) electrons. The van der Waals surface area contributed by atoms with E-state index in [0.29, 0.717) is 23.4 Å². The van der Waals surface area contributed by atoms with Crippen LogP contribution in [0, 0.1) is 57.2 Å². The van der Waals surface area contributed by atoms with Gasteiger partial charge in [-0.15, -0.1) is 4.91 Å². The largest absolute Gasteiger partial charge is 0.381 e. The number of hydrogen-bond donors (Lipinski definition) is 0. The molecule has 4 heteroatoms. The molecule has 0 aliphatic heterocycles. The normalized spacial score (nSPS) is 46.8. The predicted octanol–water partition coefficient (Wildman–Crippen LogP) is 7.80. The summed E-state index contributed by atoms with van der Waals surface area (Å²) < 4.78 is 5.76. The van der Waals surface area contributed by atoms with Crippen molar-refractivity contribution in [3.63, 3.8) is 0 Å². The summed E-state index contributed by atoms with van der Waals surface area (Å²) in [6, 6.07) is 0. The minimum absolute atomic E-state index is 0.0263. The molecule has 0 spiro atoms. The van der Waals surface area contributed by atoms with Gasteiger partial charge in [0, 0.05) is 13.0 Å². The first-order valence-electron chi connectivity index (χ1n) is 13.8. The predicted molar refractivity (Wildman–Crippen MR) is 130 cm³/mol. The fourth-order valence-corrected chi connectivity index (χ4v) is 9.64. The Hall–Kier alpha value is -0.640. The van der Waals surface area contributed by atoms with Gasteiger partial charge in [0.25, 0.3) is 0 Å². The van der Waals surface area contributed by atoms with Crippen LogP contribution in [0.25, 0.3) is 0 Å². The average Bonchev–Trinajstić information content (AvgIpc) is 3.11. The van der Waals surface area contributed by atoms with E-state index in [-0.39, 0.29) is 11.5 Å². The third kappa shape index (κ3) is 4.16. The van der Waals surface area contributed by atoms with E-state index in [0.717, 1.165) is 48.9 Å². The van der Waals surface area contributed by atoms with Crippen LogP contribution in [0.1, 0.15) is 105 Å². The van der Waals surface area contributed by atoms with Gasteiger partial charge in [0.2, 0.25) is 0 Å². The molecule has 0 N–H and O–H groups in total. The summed E-state index contributed by atoms with van der Waals surface area (Å²) in [7, 11) is 1.83. The summed E-state index contributed by atoms with van der Waals surface area (Å²) in [6.07, 6.45) is 14.3. The summed E-state index contributed by atoms with van der Waals surface area (Å²) in [5, 5.41) is 2.97. The number of methoxy groups -OCH3 is 1. The van der Waals surface area contributed by atoms with E-state index < -0.39 is 0 Å². The van der Waals surface area contributed by atoms with Crippen LogP contribution in [-0.2, 0) is 9.57 Å². The summed E-state index contributed by atoms with van der Waals surface area (Å²) in [4.78, 5) is 16.8. The van der Waals surface area contributed by atoms with E-state index in [1.54, 1.807) is 0 Å². The van der Waals surface area contributed by atoms with Crippen molar-refractivity contribution in [2.45, 2.75) is 117 Å². The van der Waals surface area contributed by atoms with Crippen LogP contribution in [0.2, 0.25) is 0 Å². The first-order chi connectivity index (χ1) is 15.2. The van der Waals surface area contributed by atoms with Gasteiger partial charge in [0.15, 0.2) is 5.34 Å². The second kappa shape index (κ2) is 9.55. The topological polar surface area (TPSA) is 47.9 Å². The summed E-state index contributed by atoms with van der Waals surface area (Å²) in [5.74, 6) is 5.15. The van der Waals surface area contributed by atoms with Gasteiger partial charge in [-0.3, -0.25) is 0 Å². The minimum Gasteiger partial charge on any atom is -0.381 e. The maximum Gasteiger partial charge on any atom is 0.155 e. The van der Waals surface area contributed by atoms with E-state index in [1.165, 1.54) is 51.4 Å². The van der Waals surface area contributed by atoms with Crippen LogP contribution in [0.4, 0.5) is 0 Å². The third-order valence-electron chi connectivity index (χ3n) is 11.3. The molecule has 4 rings (SSSR count). The van der Waals surface area contributed by atoms with Gasteiger partial charge in [0.1, 0.15) is 6.10 Å². The number of hydrogen-bond acceptors (Lipinski definition) is 4. The van der Waals surface area contributed by atoms with Crippen LogP contribution >= 0.6 is 0 Å². The Morgan fingerprint density at radius 1 is 0.906 bits per heavy atom. The van der Waals surface area contributed by atoms with E-state index in [9.17, 15) is 4.91 Å². The maximum absolute atomic E-state index is 11.2. The Labute approximate surface area is 196 Å². The molecule has 4 nitrogen and oxygen atoms in total. The number of rotatable bonds is 8. The maximum atomic E-state index is 11.2. The molecule has 32 heavy (non-hydrogen) atoms. The Balaban J connectivity index is 1.53. The lowest BCUT2D eigenvalue weighted by Gasteiger charge is -2.62. The molecule has 0 amide bonds. The zero-order valence-electron chi connectivity index (χ0n) is 21.6. The standard InChI is InChI=1S/C28H49NO3/c1-18(2)8-7-9-19(3)22-10-11-23-21-17-26(32-29-30)25-16-20(31-6)12-14-28(25,5)24(21)13-15-27(22,23)4/h18-26H,7-17H2,1-6H3/t19-,20+,21+,22-,23+,24+,25?,26-,27-,28-/m1/s1. The highest BCUT2D eigenvalue weighted by Gasteiger charge is 2.63. The lowest BCUT2D eigenvalue weighted by Crippen LogP contribution is -2.58. The van der Waals surface area contributed by atoms with E-state index in [2.05, 4.69) is 40.0 Å². The zero-order valence-corrected chi connectivity index (χ0v) is 21.6. The van der Waals surface area contributed by atoms with Crippen molar-refractivity contribution >= 4 is 0 Å². The highest BCUT2D eigenvalue weighted by molar-refractivity contribution is 5.11. The minimum atomic E-state index is -0.0263. The first kappa shape index (κ1) is 24.5. The van der Waals surface area contributed by atoms with Crippen molar-refractivity contribution in [2.24, 2.45) is 57.6 Å². The SMILES string of the molecule is CO[C@H]1CC[C@@]2(C)C(C1)[C@H](ON=O)C[C@H]1[C@@H]3CC[C@H]([C@H](C)CCCC(C)C)[C@@]3(C)CC[C@@H]12. The van der Waals surface area contributed by atoms with E-state index in [1.807, 2.05) is 7.11 Å². The molecule has 4 aliphatic rings. The molecule has 0 saturated heterocycles. The Bertz CT molecular complexity index is 653. The van der Waals surface area contributed by atoms with Gasteiger partial charge < -0.3 is 9.57 Å². The van der Waals surface area contributed by atoms with Gasteiger partial charge in [-0.05, 0) is 97.7 Å². The van der Waals surface area contributed by atoms with Gasteiger partial charge in [0.05, 0.1) is 6.10 Å². The Kier molecular flexibility index (Phi) is 7.30. The third-order valence-corrected chi connectivity index (χ3v) is 11.3. The van der Waals surface area contributed by atoms with Crippen molar-refractivity contribution in [3.8, 4) is 0 Å². The number of ether oxygens (including phenoxy) is 1. The number of nitrogens with zero attached hydrogens (tertiary/aromatic N) is 1. The molecule has 184 valence electrons. The quantitative estimate of drug-likeness (QED) is 0.282. The van der Waals surface area contributed by atoms with Gasteiger partial charge in [-0.25, -0.2) is 0 Å². The molecule has 4 fully saturated rings. The van der Waals surface area contributed by atoms with Crippen molar-refractivity contribution in [1.29, 1.82) is 0 Å². The molecule has 4 aliphatic carbocycles. The van der Waals surface area contributed by atoms with Crippen LogP contribution in [0.15, 0.2) is 5.34 Å². The van der Waals surface area contributed by atoms with Gasteiger partial charge in [-0.2, -0.15) is 0 Å². The van der Waals surface area contributed by atoms with Crippen LogP contribution < -0.4 is 0 Å². The smallest absolute Gasteiger partial charge is 0.155 e. The molecule has 1 unspecified atom stereocenters. The Morgan fingerprint density at radius 2 is 1.62 bits per heavy atom. The van der Waals surface area contributed by atoms with E-state index >= 15 is 0 Å². The second-order valence-corrected chi connectivity index (χ2v) is 13.1. The highest BCUT2D eigenvalue weighted by Crippen LogP contribution is 2.68. The summed E-state index contributed by atoms with van der Waals surface area (Å²) >= 11 is 0. The zero-order chi connectivity index (χ0) is 23.1. The van der Waals surface area contributed by atoms with Crippen LogP contribution in [0.3, 0.4) is 0 Å². The molecule has 0 heterocycles. The van der Waals surface area contributed by atoms with Crippen LogP contribution in [0.5, 0.6) is 0 Å². The second-order valence-electron chi connectivity index (χ2n) is 13.1. The summed E-state index contributed by atoms with van der Waals surface area (Å²) in [6.45, 7) is 12.4. The van der Waals surface area contributed by atoms with Crippen molar-refractivity contribution in [3.05, 3.63) is 4.91 Å². The van der Waals surface area contributed by atoms with Gasteiger partial charge in [-0.1, -0.05) is 53.9 Å². The monoisotopic (exact) mass is 447 g/mol. The van der Waals surface area contributed by atoms with Crippen LogP contribution in [-0.4, -0.2) is 19.3 Å². The average molecular weight is 448 g/mol. The van der Waals surface area contributed by atoms with Crippen molar-refractivity contribution in [2.75, 3.05) is 7.11 Å². The number of fused-ring (bicyclic) bond motifs is 5. The molecule has 0 aromatic rings. The first-order valence-corrected chi connectivity index (χ1v) is 13.8. The molecular weight excluding hydrogens is 398 g/mol. The highest BCUT2D eigenvalue weighted by atomic mass is 16.7. The summed E-state index contributed by atoms with van der Waals surface area (Å²) in [5.41, 5.74) is 0.722. The lowest BCUT2D eigenvalue weighted by atomic mass is 9.43.